The van der Waals surface area contributed by atoms with Crippen LogP contribution >= 0.6 is 0 Å². The van der Waals surface area contributed by atoms with Crippen LogP contribution in [0.5, 0.6) is 0 Å². The minimum absolute atomic E-state index is 0.694. The lowest BCUT2D eigenvalue weighted by Crippen LogP contribution is -2.45. The number of hydrogen-bond acceptors (Lipinski definition) is 4. The van der Waals surface area contributed by atoms with Crippen molar-refractivity contribution in [1.29, 1.82) is 0 Å². The Hall–Kier alpha value is -1.65. The van der Waals surface area contributed by atoms with Crippen LogP contribution in [-0.2, 0) is 6.42 Å². The summed E-state index contributed by atoms with van der Waals surface area (Å²) < 4.78 is 0. The van der Waals surface area contributed by atoms with Gasteiger partial charge in [-0.15, -0.1) is 0 Å². The summed E-state index contributed by atoms with van der Waals surface area (Å²) in [4.78, 5) is 7.09. The first-order valence-electron chi connectivity index (χ1n) is 9.37. The van der Waals surface area contributed by atoms with Gasteiger partial charge in [0.15, 0.2) is 0 Å². The van der Waals surface area contributed by atoms with Gasteiger partial charge in [0.05, 0.1) is 0 Å². The largest absolute Gasteiger partial charge is 0.368 e. The summed E-state index contributed by atoms with van der Waals surface area (Å²) in [7, 11) is 2.02. The van der Waals surface area contributed by atoms with E-state index < -0.39 is 0 Å². The molecular weight excluding hydrogens is 296 g/mol. The first kappa shape index (κ1) is 15.9. The fraction of sp³-hybridized carbons (Fsp3) is 0.550. The molecule has 2 aromatic rings. The van der Waals surface area contributed by atoms with Gasteiger partial charge in [0.1, 0.15) is 0 Å². The first-order valence-corrected chi connectivity index (χ1v) is 9.37. The van der Waals surface area contributed by atoms with E-state index in [2.05, 4.69) is 44.9 Å². The Morgan fingerprint density at radius 2 is 2.00 bits per heavy atom. The van der Waals surface area contributed by atoms with Gasteiger partial charge in [-0.1, -0.05) is 12.1 Å². The highest BCUT2D eigenvalue weighted by Gasteiger charge is 2.29. The topological polar surface area (TPSA) is 40.2 Å². The van der Waals surface area contributed by atoms with Gasteiger partial charge in [-0.3, -0.25) is 4.98 Å². The average Bonchev–Trinajstić information content (AvgIpc) is 2.64. The molecule has 4 nitrogen and oxygen atoms in total. The maximum absolute atomic E-state index is 4.41. The van der Waals surface area contributed by atoms with Crippen molar-refractivity contribution in [2.75, 3.05) is 31.6 Å². The maximum Gasteiger partial charge on any atom is 0.0452 e. The van der Waals surface area contributed by atoms with Crippen molar-refractivity contribution < 1.29 is 0 Å². The number of likely N-dealkylation sites (N-methyl/N-ethyl adjacent to an activating group) is 1. The first-order chi connectivity index (χ1) is 11.9. The predicted molar refractivity (Wildman–Crippen MR) is 101 cm³/mol. The molecule has 0 spiro atoms. The van der Waals surface area contributed by atoms with E-state index in [0.29, 0.717) is 12.1 Å². The molecule has 1 aliphatic heterocycles. The zero-order chi connectivity index (χ0) is 16.4. The number of aromatic nitrogens is 1. The highest BCUT2D eigenvalue weighted by molar-refractivity contribution is 5.97. The van der Waals surface area contributed by atoms with Crippen molar-refractivity contribution in [3.05, 3.63) is 36.2 Å². The molecule has 1 aliphatic carbocycles. The fourth-order valence-corrected chi connectivity index (χ4v) is 4.45. The molecule has 1 fully saturated rings. The summed E-state index contributed by atoms with van der Waals surface area (Å²) >= 11 is 0. The van der Waals surface area contributed by atoms with Crippen LogP contribution in [0.2, 0.25) is 0 Å². The molecule has 1 saturated carbocycles. The number of nitrogens with one attached hydrogen (secondary N) is 2. The lowest BCUT2D eigenvalue weighted by Gasteiger charge is -2.41. The van der Waals surface area contributed by atoms with Crippen molar-refractivity contribution in [2.45, 2.75) is 44.2 Å². The molecule has 0 unspecified atom stereocenters. The monoisotopic (exact) mass is 324 g/mol. The molecule has 1 aromatic heterocycles. The minimum Gasteiger partial charge on any atom is -0.368 e. The van der Waals surface area contributed by atoms with E-state index in [9.17, 15) is 0 Å². The normalized spacial score (nSPS) is 23.6. The molecule has 24 heavy (non-hydrogen) atoms. The average molecular weight is 324 g/mol. The fourth-order valence-electron chi connectivity index (χ4n) is 4.45. The van der Waals surface area contributed by atoms with Gasteiger partial charge in [-0.05, 0) is 50.8 Å². The molecule has 2 heterocycles. The Bertz CT molecular complexity index is 686. The third-order valence-corrected chi connectivity index (χ3v) is 5.72. The van der Waals surface area contributed by atoms with Crippen LogP contribution in [0.1, 0.15) is 31.2 Å². The maximum atomic E-state index is 4.41. The smallest absolute Gasteiger partial charge is 0.0452 e. The van der Waals surface area contributed by atoms with Crippen LogP contribution < -0.4 is 15.5 Å². The summed E-state index contributed by atoms with van der Waals surface area (Å²) in [6.45, 7) is 3.27. The van der Waals surface area contributed by atoms with Crippen LogP contribution in [-0.4, -0.2) is 43.7 Å². The Morgan fingerprint density at radius 3 is 2.83 bits per heavy atom. The quantitative estimate of drug-likeness (QED) is 0.830. The van der Waals surface area contributed by atoms with Gasteiger partial charge in [-0.25, -0.2) is 0 Å². The number of benzene rings is 1. The molecule has 2 aliphatic rings. The molecule has 0 amide bonds. The molecule has 1 aromatic carbocycles. The molecule has 4 rings (SSSR count). The van der Waals surface area contributed by atoms with E-state index in [1.54, 1.807) is 0 Å². The van der Waals surface area contributed by atoms with Gasteiger partial charge in [-0.2, -0.15) is 0 Å². The number of hydrogen-bond donors (Lipinski definition) is 2. The summed E-state index contributed by atoms with van der Waals surface area (Å²) in [5.41, 5.74) is 2.85. The van der Waals surface area contributed by atoms with Crippen molar-refractivity contribution in [1.82, 2.24) is 15.6 Å². The highest BCUT2D eigenvalue weighted by atomic mass is 15.2. The summed E-state index contributed by atoms with van der Waals surface area (Å²) in [5.74, 6) is 0. The molecule has 0 atom stereocenters. The second kappa shape index (κ2) is 7.08. The molecule has 128 valence electrons. The second-order valence-corrected chi connectivity index (χ2v) is 7.18. The molecule has 4 heteroatoms. The molecule has 0 radical (unpaired) electrons. The summed E-state index contributed by atoms with van der Waals surface area (Å²) in [5, 5.41) is 9.63. The Balaban J connectivity index is 1.48. The van der Waals surface area contributed by atoms with Crippen LogP contribution in [0.25, 0.3) is 10.8 Å². The van der Waals surface area contributed by atoms with Crippen molar-refractivity contribution >= 4 is 16.5 Å². The van der Waals surface area contributed by atoms with Gasteiger partial charge in [0.25, 0.3) is 0 Å². The van der Waals surface area contributed by atoms with E-state index in [4.69, 9.17) is 0 Å². The Kier molecular flexibility index (Phi) is 4.67. The second-order valence-electron chi connectivity index (χ2n) is 7.18. The molecule has 2 N–H and O–H groups in total. The van der Waals surface area contributed by atoms with Gasteiger partial charge >= 0.3 is 0 Å². The molecule has 0 bridgehead atoms. The Labute approximate surface area is 144 Å². The van der Waals surface area contributed by atoms with E-state index in [-0.39, 0.29) is 0 Å². The van der Waals surface area contributed by atoms with Crippen LogP contribution in [0, 0.1) is 0 Å². The minimum atomic E-state index is 0.694. The number of nitrogens with zero attached hydrogens (tertiary/aromatic N) is 2. The summed E-state index contributed by atoms with van der Waals surface area (Å²) in [6.07, 6.45) is 10.4. The zero-order valence-electron chi connectivity index (χ0n) is 14.6. The van der Waals surface area contributed by atoms with Gasteiger partial charge in [0.2, 0.25) is 0 Å². The van der Waals surface area contributed by atoms with E-state index >= 15 is 0 Å². The van der Waals surface area contributed by atoms with Crippen LogP contribution in [0.4, 0.5) is 5.69 Å². The van der Waals surface area contributed by atoms with E-state index in [0.717, 1.165) is 26.1 Å². The SMILES string of the molecule is CNCCNC1CCC(N2CCc3cncc4cccc2c34)CC1. The molecular formula is C20H28N4. The zero-order valence-corrected chi connectivity index (χ0v) is 14.6. The summed E-state index contributed by atoms with van der Waals surface area (Å²) in [6, 6.07) is 8.08. The van der Waals surface area contributed by atoms with Crippen molar-refractivity contribution in [3.63, 3.8) is 0 Å². The lowest BCUT2D eigenvalue weighted by molar-refractivity contribution is 0.331. The third kappa shape index (κ3) is 3.01. The number of rotatable bonds is 5. The van der Waals surface area contributed by atoms with Crippen LogP contribution in [0.3, 0.4) is 0 Å². The standard InChI is InChI=1S/C20H28N4/c1-21-10-11-23-17-5-7-18(8-6-17)24-12-9-16-14-22-13-15-3-2-4-19(24)20(15)16/h2-4,13-14,17-18,21,23H,5-12H2,1H3. The molecule has 0 saturated heterocycles. The predicted octanol–water partition coefficient (Wildman–Crippen LogP) is 2.72. The number of pyridine rings is 1. The van der Waals surface area contributed by atoms with Crippen molar-refractivity contribution in [2.24, 2.45) is 0 Å². The third-order valence-electron chi connectivity index (χ3n) is 5.72. The van der Waals surface area contributed by atoms with E-state index in [1.165, 1.54) is 47.7 Å². The highest BCUT2D eigenvalue weighted by Crippen LogP contribution is 2.37. The van der Waals surface area contributed by atoms with Crippen LogP contribution in [0.15, 0.2) is 30.6 Å². The van der Waals surface area contributed by atoms with Crippen molar-refractivity contribution in [3.8, 4) is 0 Å². The van der Waals surface area contributed by atoms with Gasteiger partial charge < -0.3 is 15.5 Å². The lowest BCUT2D eigenvalue weighted by atomic mass is 9.88. The van der Waals surface area contributed by atoms with Gasteiger partial charge in [0, 0.05) is 60.6 Å². The Morgan fingerprint density at radius 1 is 1.12 bits per heavy atom. The number of anilines is 1. The van der Waals surface area contributed by atoms with E-state index in [1.807, 2.05) is 13.2 Å².